The van der Waals surface area contributed by atoms with E-state index in [0.717, 1.165) is 16.7 Å². The number of imide groups is 1. The Morgan fingerprint density at radius 2 is 1.81 bits per heavy atom. The highest BCUT2D eigenvalue weighted by Gasteiger charge is 2.36. The molecule has 1 aliphatic heterocycles. The maximum Gasteiger partial charge on any atom is 0.308 e. The van der Waals surface area contributed by atoms with E-state index in [1.165, 1.54) is 14.0 Å². The van der Waals surface area contributed by atoms with E-state index in [-0.39, 0.29) is 16.9 Å². The van der Waals surface area contributed by atoms with Gasteiger partial charge in [0.05, 0.1) is 17.7 Å². The minimum Gasteiger partial charge on any atom is -0.493 e. The lowest BCUT2D eigenvalue weighted by molar-refractivity contribution is -0.132. The zero-order valence-corrected chi connectivity index (χ0v) is 14.9. The number of para-hydroxylation sites is 1. The van der Waals surface area contributed by atoms with Crippen molar-refractivity contribution in [3.63, 3.8) is 0 Å². The topological polar surface area (TPSA) is 72.9 Å². The lowest BCUT2D eigenvalue weighted by atomic mass is 10.2. The number of methoxy groups -OCH3 is 1. The highest BCUT2D eigenvalue weighted by Crippen LogP contribution is 2.36. The molecule has 0 saturated carbocycles. The normalized spacial score (nSPS) is 15.5. The van der Waals surface area contributed by atoms with Gasteiger partial charge in [0.15, 0.2) is 11.5 Å². The number of carbonyl (C=O) groups excluding carboxylic acids is 3. The van der Waals surface area contributed by atoms with Crippen LogP contribution in [0.4, 0.5) is 10.5 Å². The summed E-state index contributed by atoms with van der Waals surface area (Å²) in [6.45, 7) is 1.30. The molecule has 2 aromatic carbocycles. The second kappa shape index (κ2) is 7.45. The Bertz CT molecular complexity index is 907. The fraction of sp³-hybridized carbons (Fsp3) is 0.105. The molecule has 2 amide bonds. The Morgan fingerprint density at radius 3 is 2.46 bits per heavy atom. The number of rotatable bonds is 4. The summed E-state index contributed by atoms with van der Waals surface area (Å²) < 4.78 is 10.3. The third-order valence-corrected chi connectivity index (χ3v) is 4.42. The fourth-order valence-electron chi connectivity index (χ4n) is 2.43. The number of hydrogen-bond acceptors (Lipinski definition) is 6. The molecule has 0 N–H and O–H groups in total. The van der Waals surface area contributed by atoms with Crippen LogP contribution in [0.1, 0.15) is 12.5 Å². The van der Waals surface area contributed by atoms with Crippen molar-refractivity contribution < 1.29 is 23.9 Å². The number of benzene rings is 2. The maximum absolute atomic E-state index is 12.6. The number of carbonyl (C=O) groups is 3. The van der Waals surface area contributed by atoms with E-state index in [0.29, 0.717) is 21.9 Å². The second-order valence-electron chi connectivity index (χ2n) is 5.36. The van der Waals surface area contributed by atoms with Crippen molar-refractivity contribution in [2.24, 2.45) is 0 Å². The van der Waals surface area contributed by atoms with E-state index in [2.05, 4.69) is 0 Å². The van der Waals surface area contributed by atoms with Crippen molar-refractivity contribution in [1.29, 1.82) is 0 Å². The van der Waals surface area contributed by atoms with Crippen molar-refractivity contribution in [2.45, 2.75) is 6.92 Å². The first kappa shape index (κ1) is 17.8. The van der Waals surface area contributed by atoms with Crippen molar-refractivity contribution in [2.75, 3.05) is 12.0 Å². The zero-order chi connectivity index (χ0) is 18.7. The van der Waals surface area contributed by atoms with Gasteiger partial charge in [-0.25, -0.2) is 4.90 Å². The molecule has 7 heteroatoms. The number of nitrogens with zero attached hydrogens (tertiary/aromatic N) is 1. The van der Waals surface area contributed by atoms with Crippen LogP contribution >= 0.6 is 11.8 Å². The third kappa shape index (κ3) is 3.62. The van der Waals surface area contributed by atoms with Crippen molar-refractivity contribution in [3.05, 3.63) is 59.0 Å². The first-order chi connectivity index (χ1) is 12.5. The lowest BCUT2D eigenvalue weighted by Crippen LogP contribution is -2.27. The summed E-state index contributed by atoms with van der Waals surface area (Å²) in [5.74, 6) is -0.194. The van der Waals surface area contributed by atoms with E-state index >= 15 is 0 Å². The summed E-state index contributed by atoms with van der Waals surface area (Å²) in [4.78, 5) is 37.4. The van der Waals surface area contributed by atoms with Crippen molar-refractivity contribution >= 4 is 40.6 Å². The molecule has 1 heterocycles. The van der Waals surface area contributed by atoms with Gasteiger partial charge >= 0.3 is 5.97 Å². The molecule has 1 saturated heterocycles. The van der Waals surface area contributed by atoms with Crippen LogP contribution in [0.3, 0.4) is 0 Å². The summed E-state index contributed by atoms with van der Waals surface area (Å²) >= 11 is 0.872. The molecule has 2 aromatic rings. The van der Waals surface area contributed by atoms with E-state index in [1.54, 1.807) is 48.5 Å². The van der Waals surface area contributed by atoms with Gasteiger partial charge in [0, 0.05) is 6.92 Å². The van der Waals surface area contributed by atoms with E-state index in [9.17, 15) is 14.4 Å². The molecular weight excluding hydrogens is 354 g/mol. The average molecular weight is 369 g/mol. The monoisotopic (exact) mass is 369 g/mol. The van der Waals surface area contributed by atoms with Gasteiger partial charge < -0.3 is 9.47 Å². The van der Waals surface area contributed by atoms with E-state index in [4.69, 9.17) is 9.47 Å². The highest BCUT2D eigenvalue weighted by atomic mass is 32.2. The molecule has 0 unspecified atom stereocenters. The lowest BCUT2D eigenvalue weighted by Gasteiger charge is -2.11. The molecule has 0 aromatic heterocycles. The third-order valence-electron chi connectivity index (χ3n) is 3.55. The molecule has 132 valence electrons. The number of anilines is 1. The molecule has 0 spiro atoms. The molecule has 6 nitrogen and oxygen atoms in total. The van der Waals surface area contributed by atoms with Gasteiger partial charge in [-0.2, -0.15) is 0 Å². The molecule has 0 bridgehead atoms. The van der Waals surface area contributed by atoms with Gasteiger partial charge in [-0.3, -0.25) is 14.4 Å². The predicted molar refractivity (Wildman–Crippen MR) is 99.2 cm³/mol. The molecule has 26 heavy (non-hydrogen) atoms. The van der Waals surface area contributed by atoms with Crippen LogP contribution in [0.15, 0.2) is 53.4 Å². The van der Waals surface area contributed by atoms with Crippen LogP contribution in [0.25, 0.3) is 6.08 Å². The number of ether oxygens (including phenoxy) is 2. The van der Waals surface area contributed by atoms with Crippen LogP contribution < -0.4 is 14.4 Å². The number of thioether (sulfide) groups is 1. The summed E-state index contributed by atoms with van der Waals surface area (Å²) in [6.07, 6.45) is 1.61. The smallest absolute Gasteiger partial charge is 0.308 e. The van der Waals surface area contributed by atoms with Gasteiger partial charge in [-0.1, -0.05) is 24.3 Å². The predicted octanol–water partition coefficient (Wildman–Crippen LogP) is 3.86. The number of hydrogen-bond donors (Lipinski definition) is 0. The average Bonchev–Trinajstić information content (AvgIpc) is 2.90. The summed E-state index contributed by atoms with van der Waals surface area (Å²) in [6, 6.07) is 13.6. The minimum atomic E-state index is -0.458. The Balaban J connectivity index is 1.90. The summed E-state index contributed by atoms with van der Waals surface area (Å²) in [7, 11) is 1.45. The molecule has 0 atom stereocenters. The Hall–Kier alpha value is -3.06. The molecule has 1 fully saturated rings. The van der Waals surface area contributed by atoms with Crippen LogP contribution in [0.5, 0.6) is 11.5 Å². The standard InChI is InChI=1S/C19H15NO5S/c1-12(21)25-15-9-8-13(10-16(15)24-2)11-17-18(22)20(19(23)26-17)14-6-4-3-5-7-14/h3-11H,1-2H3/b17-11-. The quantitative estimate of drug-likeness (QED) is 0.463. The molecule has 0 aliphatic carbocycles. The number of amides is 2. The Kier molecular flexibility index (Phi) is 5.09. The van der Waals surface area contributed by atoms with E-state index < -0.39 is 5.97 Å². The molecular formula is C19H15NO5S. The van der Waals surface area contributed by atoms with Crippen molar-refractivity contribution in [3.8, 4) is 11.5 Å². The van der Waals surface area contributed by atoms with Gasteiger partial charge in [0.1, 0.15) is 0 Å². The minimum absolute atomic E-state index is 0.287. The fourth-order valence-corrected chi connectivity index (χ4v) is 3.27. The molecule has 1 aliphatic rings. The van der Waals surface area contributed by atoms with Crippen LogP contribution in [0, 0.1) is 0 Å². The SMILES string of the molecule is COc1cc(/C=C2\SC(=O)N(c3ccccc3)C2=O)ccc1OC(C)=O. The molecule has 0 radical (unpaired) electrons. The van der Waals surface area contributed by atoms with E-state index in [1.807, 2.05) is 6.07 Å². The summed E-state index contributed by atoms with van der Waals surface area (Å²) in [5, 5.41) is -0.351. The summed E-state index contributed by atoms with van der Waals surface area (Å²) in [5.41, 5.74) is 1.18. The van der Waals surface area contributed by atoms with Gasteiger partial charge in [-0.05, 0) is 47.7 Å². The largest absolute Gasteiger partial charge is 0.493 e. The first-order valence-electron chi connectivity index (χ1n) is 7.69. The second-order valence-corrected chi connectivity index (χ2v) is 6.35. The Morgan fingerprint density at radius 1 is 1.08 bits per heavy atom. The first-order valence-corrected chi connectivity index (χ1v) is 8.50. The Labute approximate surface area is 154 Å². The highest BCUT2D eigenvalue weighted by molar-refractivity contribution is 8.19. The maximum atomic E-state index is 12.6. The molecule has 3 rings (SSSR count). The van der Waals surface area contributed by atoms with Crippen LogP contribution in [-0.2, 0) is 9.59 Å². The number of esters is 1. The van der Waals surface area contributed by atoms with Crippen LogP contribution in [0.2, 0.25) is 0 Å². The zero-order valence-electron chi connectivity index (χ0n) is 14.1. The van der Waals surface area contributed by atoms with Crippen molar-refractivity contribution in [1.82, 2.24) is 0 Å². The van der Waals surface area contributed by atoms with Gasteiger partial charge in [0.2, 0.25) is 0 Å². The van der Waals surface area contributed by atoms with Crippen LogP contribution in [-0.4, -0.2) is 24.2 Å². The van der Waals surface area contributed by atoms with Gasteiger partial charge in [-0.15, -0.1) is 0 Å². The van der Waals surface area contributed by atoms with Gasteiger partial charge in [0.25, 0.3) is 11.1 Å².